The van der Waals surface area contributed by atoms with Crippen LogP contribution in [0.2, 0.25) is 5.02 Å². The van der Waals surface area contributed by atoms with Gasteiger partial charge >= 0.3 is 0 Å². The summed E-state index contributed by atoms with van der Waals surface area (Å²) in [4.78, 5) is 12.7. The Labute approximate surface area is 149 Å². The summed E-state index contributed by atoms with van der Waals surface area (Å²) >= 11 is 7.21. The Kier molecular flexibility index (Phi) is 6.96. The van der Waals surface area contributed by atoms with Crippen LogP contribution in [0.3, 0.4) is 0 Å². The molecule has 5 nitrogen and oxygen atoms in total. The van der Waals surface area contributed by atoms with Crippen LogP contribution in [0, 0.1) is 0 Å². The molecule has 2 aromatic rings. The quantitative estimate of drug-likeness (QED) is 0.446. The van der Waals surface area contributed by atoms with Gasteiger partial charge in [-0.1, -0.05) is 11.6 Å². The minimum atomic E-state index is -0.213. The van der Waals surface area contributed by atoms with Crippen molar-refractivity contribution in [1.29, 1.82) is 0 Å². The van der Waals surface area contributed by atoms with Gasteiger partial charge in [0.2, 0.25) is 5.91 Å². The third-order valence-corrected chi connectivity index (χ3v) is 4.13. The van der Waals surface area contributed by atoms with Crippen molar-refractivity contribution in [1.82, 2.24) is 5.43 Å². The number of hydrogen-bond acceptors (Lipinski definition) is 5. The Hall–Kier alpha value is -2.18. The van der Waals surface area contributed by atoms with E-state index in [0.717, 1.165) is 4.90 Å². The molecule has 1 amide bonds. The number of benzene rings is 2. The van der Waals surface area contributed by atoms with Crippen LogP contribution in [-0.2, 0) is 4.79 Å². The second-order valence-corrected chi connectivity index (χ2v) is 6.18. The molecule has 0 saturated heterocycles. The highest BCUT2D eigenvalue weighted by Crippen LogP contribution is 2.26. The zero-order valence-corrected chi connectivity index (χ0v) is 14.6. The molecule has 0 bridgehead atoms. The molecule has 0 aliphatic rings. The van der Waals surface area contributed by atoms with E-state index in [4.69, 9.17) is 16.3 Å². The number of aromatic hydroxyl groups is 1. The molecule has 0 radical (unpaired) electrons. The standard InChI is InChI=1S/C17H17ClN2O3S/c1-2-23-16-9-12(3-8-15(16)21)10-19-20-17(22)11-24-14-6-4-13(18)5-7-14/h3-10,21H,2,11H2,1H3,(H,20,22)/b19-10-. The van der Waals surface area contributed by atoms with E-state index in [1.54, 1.807) is 24.3 Å². The van der Waals surface area contributed by atoms with Gasteiger partial charge in [-0.25, -0.2) is 5.43 Å². The summed E-state index contributed by atoms with van der Waals surface area (Å²) in [5, 5.41) is 14.2. The van der Waals surface area contributed by atoms with Gasteiger partial charge in [0, 0.05) is 9.92 Å². The maximum atomic E-state index is 11.8. The lowest BCUT2D eigenvalue weighted by Crippen LogP contribution is -2.19. The van der Waals surface area contributed by atoms with Crippen molar-refractivity contribution in [2.75, 3.05) is 12.4 Å². The Morgan fingerprint density at radius 3 is 2.79 bits per heavy atom. The van der Waals surface area contributed by atoms with E-state index < -0.39 is 0 Å². The van der Waals surface area contributed by atoms with Crippen molar-refractivity contribution in [3.8, 4) is 11.5 Å². The van der Waals surface area contributed by atoms with E-state index in [2.05, 4.69) is 10.5 Å². The van der Waals surface area contributed by atoms with Gasteiger partial charge < -0.3 is 9.84 Å². The molecule has 2 rings (SSSR count). The van der Waals surface area contributed by atoms with Crippen LogP contribution in [0.5, 0.6) is 11.5 Å². The fraction of sp³-hybridized carbons (Fsp3) is 0.176. The predicted octanol–water partition coefficient (Wildman–Crippen LogP) is 3.69. The van der Waals surface area contributed by atoms with E-state index >= 15 is 0 Å². The summed E-state index contributed by atoms with van der Waals surface area (Å²) in [6.45, 7) is 2.28. The van der Waals surface area contributed by atoms with Crippen molar-refractivity contribution in [2.24, 2.45) is 5.10 Å². The first-order valence-corrected chi connectivity index (χ1v) is 8.61. The summed E-state index contributed by atoms with van der Waals surface area (Å²) in [5.74, 6) is 0.483. The number of ether oxygens (including phenoxy) is 1. The summed E-state index contributed by atoms with van der Waals surface area (Å²) in [5.41, 5.74) is 3.17. The molecule has 0 fully saturated rings. The van der Waals surface area contributed by atoms with Crippen LogP contribution >= 0.6 is 23.4 Å². The van der Waals surface area contributed by atoms with Gasteiger partial charge in [0.1, 0.15) is 0 Å². The van der Waals surface area contributed by atoms with Crippen LogP contribution in [-0.4, -0.2) is 29.6 Å². The average molecular weight is 365 g/mol. The van der Waals surface area contributed by atoms with Crippen LogP contribution in [0.1, 0.15) is 12.5 Å². The van der Waals surface area contributed by atoms with Crippen molar-refractivity contribution < 1.29 is 14.6 Å². The molecular formula is C17H17ClN2O3S. The van der Waals surface area contributed by atoms with Gasteiger partial charge in [-0.05, 0) is 55.0 Å². The van der Waals surface area contributed by atoms with Gasteiger partial charge in [-0.15, -0.1) is 11.8 Å². The number of halogens is 1. The van der Waals surface area contributed by atoms with Crippen LogP contribution in [0.25, 0.3) is 0 Å². The lowest BCUT2D eigenvalue weighted by atomic mass is 10.2. The number of nitrogens with one attached hydrogen (secondary N) is 1. The minimum Gasteiger partial charge on any atom is -0.504 e. The highest BCUT2D eigenvalue weighted by Gasteiger charge is 2.03. The zero-order chi connectivity index (χ0) is 17.4. The number of amides is 1. The fourth-order valence-corrected chi connectivity index (χ4v) is 2.59. The number of carbonyl (C=O) groups excluding carboxylic acids is 1. The SMILES string of the molecule is CCOc1cc(/C=N\NC(=O)CSc2ccc(Cl)cc2)ccc1O. The first-order valence-electron chi connectivity index (χ1n) is 7.24. The molecular weight excluding hydrogens is 348 g/mol. The molecule has 0 aromatic heterocycles. The van der Waals surface area contributed by atoms with Gasteiger partial charge in [-0.3, -0.25) is 4.79 Å². The van der Waals surface area contributed by atoms with Gasteiger partial charge in [0.05, 0.1) is 18.6 Å². The van der Waals surface area contributed by atoms with E-state index in [1.807, 2.05) is 19.1 Å². The smallest absolute Gasteiger partial charge is 0.250 e. The second-order valence-electron chi connectivity index (χ2n) is 4.70. The van der Waals surface area contributed by atoms with Crippen molar-refractivity contribution in [3.05, 3.63) is 53.1 Å². The molecule has 0 saturated carbocycles. The molecule has 0 unspecified atom stereocenters. The van der Waals surface area contributed by atoms with Gasteiger partial charge in [-0.2, -0.15) is 5.10 Å². The number of phenolic OH excluding ortho intramolecular Hbond substituents is 1. The molecule has 0 aliphatic carbocycles. The van der Waals surface area contributed by atoms with E-state index in [9.17, 15) is 9.90 Å². The van der Waals surface area contributed by atoms with E-state index in [0.29, 0.717) is 22.9 Å². The van der Waals surface area contributed by atoms with Crippen molar-refractivity contribution >= 4 is 35.5 Å². The molecule has 0 aliphatic heterocycles. The Morgan fingerprint density at radius 1 is 1.33 bits per heavy atom. The van der Waals surface area contributed by atoms with Crippen LogP contribution in [0.15, 0.2) is 52.5 Å². The number of nitrogens with zero attached hydrogens (tertiary/aromatic N) is 1. The molecule has 24 heavy (non-hydrogen) atoms. The van der Waals surface area contributed by atoms with E-state index in [1.165, 1.54) is 24.0 Å². The zero-order valence-electron chi connectivity index (χ0n) is 13.0. The molecule has 0 heterocycles. The average Bonchev–Trinajstić information content (AvgIpc) is 2.57. The topological polar surface area (TPSA) is 70.9 Å². The second kappa shape index (κ2) is 9.20. The summed E-state index contributed by atoms with van der Waals surface area (Å²) in [6, 6.07) is 12.1. The monoisotopic (exact) mass is 364 g/mol. The first kappa shape index (κ1) is 18.2. The fourth-order valence-electron chi connectivity index (χ4n) is 1.77. The molecule has 2 aromatic carbocycles. The third-order valence-electron chi connectivity index (χ3n) is 2.87. The van der Waals surface area contributed by atoms with E-state index in [-0.39, 0.29) is 17.4 Å². The Bertz CT molecular complexity index is 720. The molecule has 0 spiro atoms. The third kappa shape index (κ3) is 5.79. The maximum Gasteiger partial charge on any atom is 0.250 e. The van der Waals surface area contributed by atoms with Gasteiger partial charge in [0.25, 0.3) is 0 Å². The number of hydrazone groups is 1. The van der Waals surface area contributed by atoms with Crippen LogP contribution in [0.4, 0.5) is 0 Å². The largest absolute Gasteiger partial charge is 0.504 e. The number of rotatable bonds is 7. The Morgan fingerprint density at radius 2 is 2.08 bits per heavy atom. The Balaban J connectivity index is 1.83. The summed E-state index contributed by atoms with van der Waals surface area (Å²) < 4.78 is 5.29. The molecule has 7 heteroatoms. The highest BCUT2D eigenvalue weighted by molar-refractivity contribution is 8.00. The van der Waals surface area contributed by atoms with Crippen molar-refractivity contribution in [3.63, 3.8) is 0 Å². The lowest BCUT2D eigenvalue weighted by Gasteiger charge is -2.06. The van der Waals surface area contributed by atoms with Crippen molar-refractivity contribution in [2.45, 2.75) is 11.8 Å². The molecule has 2 N–H and O–H groups in total. The molecule has 126 valence electrons. The number of carbonyl (C=O) groups is 1. The number of thioether (sulfide) groups is 1. The predicted molar refractivity (Wildman–Crippen MR) is 97.2 cm³/mol. The minimum absolute atomic E-state index is 0.0670. The highest BCUT2D eigenvalue weighted by atomic mass is 35.5. The lowest BCUT2D eigenvalue weighted by molar-refractivity contribution is -0.118. The molecule has 0 atom stereocenters. The summed E-state index contributed by atoms with van der Waals surface area (Å²) in [7, 11) is 0. The maximum absolute atomic E-state index is 11.8. The normalized spacial score (nSPS) is 10.8. The first-order chi connectivity index (χ1) is 11.6. The number of hydrogen-bond donors (Lipinski definition) is 2. The summed E-state index contributed by atoms with van der Waals surface area (Å²) in [6.07, 6.45) is 1.49. The van der Waals surface area contributed by atoms with Gasteiger partial charge in [0.15, 0.2) is 11.5 Å². The van der Waals surface area contributed by atoms with Crippen LogP contribution < -0.4 is 10.2 Å². The number of phenols is 1.